The van der Waals surface area contributed by atoms with Crippen molar-refractivity contribution >= 4 is 34.1 Å². The molecule has 1 unspecified atom stereocenters. The Balaban J connectivity index is 1.82. The Kier molecular flexibility index (Phi) is 6.41. The molecule has 0 fully saturated rings. The molecule has 1 heterocycles. The topological polar surface area (TPSA) is 108 Å². The Morgan fingerprint density at radius 2 is 2.12 bits per heavy atom. The molecule has 2 rings (SSSR count). The summed E-state index contributed by atoms with van der Waals surface area (Å²) >= 11 is 1.17. The Morgan fingerprint density at radius 1 is 1.35 bits per heavy atom. The second-order valence-electron chi connectivity index (χ2n) is 5.09. The van der Waals surface area contributed by atoms with Crippen LogP contribution in [0, 0.1) is 17.1 Å². The minimum absolute atomic E-state index is 0.0605. The summed E-state index contributed by atoms with van der Waals surface area (Å²) in [6.07, 6.45) is -1.12. The van der Waals surface area contributed by atoms with Crippen molar-refractivity contribution in [2.75, 3.05) is 11.9 Å². The molecular weight excluding hydrogens is 361 g/mol. The van der Waals surface area contributed by atoms with Gasteiger partial charge in [-0.2, -0.15) is 5.26 Å². The molecule has 0 radical (unpaired) electrons. The molecule has 2 aromatic rings. The molecule has 26 heavy (non-hydrogen) atoms. The third kappa shape index (κ3) is 5.12. The van der Waals surface area contributed by atoms with E-state index in [2.05, 4.69) is 10.6 Å². The fourth-order valence-corrected chi connectivity index (χ4v) is 2.62. The zero-order valence-corrected chi connectivity index (χ0v) is 14.4. The van der Waals surface area contributed by atoms with Gasteiger partial charge in [0.05, 0.1) is 5.56 Å². The lowest BCUT2D eigenvalue weighted by Gasteiger charge is -2.13. The molecule has 1 atom stereocenters. The van der Waals surface area contributed by atoms with Crippen molar-refractivity contribution in [2.45, 2.75) is 13.0 Å². The van der Waals surface area contributed by atoms with Gasteiger partial charge in [0.1, 0.15) is 23.4 Å². The van der Waals surface area contributed by atoms with Crippen molar-refractivity contribution in [3.63, 3.8) is 0 Å². The number of rotatable bonds is 6. The highest BCUT2D eigenvalue weighted by atomic mass is 32.1. The second kappa shape index (κ2) is 8.73. The number of thiophene rings is 1. The number of carbonyl (C=O) groups is 3. The number of carbonyl (C=O) groups excluding carboxylic acids is 3. The van der Waals surface area contributed by atoms with E-state index in [-0.39, 0.29) is 5.56 Å². The van der Waals surface area contributed by atoms with E-state index in [9.17, 15) is 18.8 Å². The quantitative estimate of drug-likeness (QED) is 0.752. The lowest BCUT2D eigenvalue weighted by molar-refractivity contribution is -0.152. The summed E-state index contributed by atoms with van der Waals surface area (Å²) in [7, 11) is 0. The lowest BCUT2D eigenvalue weighted by atomic mass is 10.2. The third-order valence-corrected chi connectivity index (χ3v) is 4.01. The summed E-state index contributed by atoms with van der Waals surface area (Å²) in [6, 6.07) is 8.47. The van der Waals surface area contributed by atoms with Crippen molar-refractivity contribution in [3.8, 4) is 6.07 Å². The number of hydrogen-bond donors (Lipinski definition) is 2. The summed E-state index contributed by atoms with van der Waals surface area (Å²) in [4.78, 5) is 35.5. The van der Waals surface area contributed by atoms with Gasteiger partial charge in [-0.3, -0.25) is 14.4 Å². The number of anilines is 1. The average molecular weight is 375 g/mol. The van der Waals surface area contributed by atoms with Gasteiger partial charge >= 0.3 is 5.97 Å². The summed E-state index contributed by atoms with van der Waals surface area (Å²) in [5, 5.41) is 15.7. The Morgan fingerprint density at radius 3 is 2.81 bits per heavy atom. The highest BCUT2D eigenvalue weighted by Gasteiger charge is 2.20. The van der Waals surface area contributed by atoms with Crippen LogP contribution in [0.1, 0.15) is 22.8 Å². The molecule has 134 valence electrons. The maximum atomic E-state index is 13.1. The predicted octanol–water partition coefficient (Wildman–Crippen LogP) is 2.06. The van der Waals surface area contributed by atoms with Crippen LogP contribution in [-0.2, 0) is 14.3 Å². The first-order valence-corrected chi connectivity index (χ1v) is 8.30. The van der Waals surface area contributed by atoms with Gasteiger partial charge in [-0.15, -0.1) is 11.3 Å². The Hall–Kier alpha value is -3.25. The van der Waals surface area contributed by atoms with Crippen molar-refractivity contribution in [1.29, 1.82) is 5.26 Å². The molecule has 2 amide bonds. The molecule has 1 aromatic carbocycles. The van der Waals surface area contributed by atoms with Crippen LogP contribution in [0.25, 0.3) is 0 Å². The number of halogens is 1. The van der Waals surface area contributed by atoms with E-state index in [1.807, 2.05) is 6.07 Å². The summed E-state index contributed by atoms with van der Waals surface area (Å²) in [6.45, 7) is 0.886. The molecule has 9 heteroatoms. The van der Waals surface area contributed by atoms with Gasteiger partial charge in [-0.25, -0.2) is 4.39 Å². The van der Waals surface area contributed by atoms with Crippen LogP contribution in [0.15, 0.2) is 35.7 Å². The van der Waals surface area contributed by atoms with E-state index >= 15 is 0 Å². The summed E-state index contributed by atoms with van der Waals surface area (Å²) in [5.74, 6) is -2.65. The van der Waals surface area contributed by atoms with Crippen LogP contribution >= 0.6 is 11.3 Å². The number of esters is 1. The van der Waals surface area contributed by atoms with Gasteiger partial charge in [0.25, 0.3) is 11.8 Å². The van der Waals surface area contributed by atoms with Crippen LogP contribution in [0.4, 0.5) is 9.39 Å². The highest BCUT2D eigenvalue weighted by Crippen LogP contribution is 2.22. The third-order valence-electron chi connectivity index (χ3n) is 3.18. The minimum atomic E-state index is -1.12. The molecule has 0 bridgehead atoms. The van der Waals surface area contributed by atoms with E-state index in [1.54, 1.807) is 11.4 Å². The number of hydrogen-bond acceptors (Lipinski definition) is 6. The summed E-state index contributed by atoms with van der Waals surface area (Å²) in [5.41, 5.74) is 0.370. The molecule has 1 aromatic heterocycles. The number of amides is 2. The molecule has 2 N–H and O–H groups in total. The largest absolute Gasteiger partial charge is 0.451 e. The monoisotopic (exact) mass is 375 g/mol. The number of ether oxygens (including phenoxy) is 1. The molecule has 0 spiro atoms. The smallest absolute Gasteiger partial charge is 0.326 e. The molecular formula is C17H14FN3O4S. The maximum Gasteiger partial charge on any atom is 0.326 e. The number of nitrogens with one attached hydrogen (secondary N) is 2. The highest BCUT2D eigenvalue weighted by molar-refractivity contribution is 7.14. The van der Waals surface area contributed by atoms with Crippen LogP contribution in [0.5, 0.6) is 0 Å². The Labute approximate surface area is 152 Å². The van der Waals surface area contributed by atoms with Crippen molar-refractivity contribution in [1.82, 2.24) is 5.32 Å². The van der Waals surface area contributed by atoms with E-state index in [4.69, 9.17) is 10.00 Å². The molecule has 0 aliphatic carbocycles. The second-order valence-corrected chi connectivity index (χ2v) is 6.01. The molecule has 0 aliphatic heterocycles. The lowest BCUT2D eigenvalue weighted by Crippen LogP contribution is -2.35. The van der Waals surface area contributed by atoms with Crippen LogP contribution < -0.4 is 10.6 Å². The minimum Gasteiger partial charge on any atom is -0.451 e. The van der Waals surface area contributed by atoms with Gasteiger partial charge in [-0.1, -0.05) is 6.07 Å². The zero-order valence-electron chi connectivity index (χ0n) is 13.6. The molecule has 7 nitrogen and oxygen atoms in total. The summed E-state index contributed by atoms with van der Waals surface area (Å²) < 4.78 is 18.0. The van der Waals surface area contributed by atoms with Crippen molar-refractivity contribution in [3.05, 3.63) is 52.7 Å². The van der Waals surface area contributed by atoms with Gasteiger partial charge in [0.2, 0.25) is 0 Å². The van der Waals surface area contributed by atoms with E-state index in [0.29, 0.717) is 10.6 Å². The van der Waals surface area contributed by atoms with Crippen molar-refractivity contribution in [2.24, 2.45) is 0 Å². The van der Waals surface area contributed by atoms with Crippen LogP contribution in [0.2, 0.25) is 0 Å². The van der Waals surface area contributed by atoms with Gasteiger partial charge in [0.15, 0.2) is 6.10 Å². The number of benzene rings is 1. The molecule has 0 saturated carbocycles. The van der Waals surface area contributed by atoms with Gasteiger partial charge in [-0.05, 0) is 36.6 Å². The molecule has 0 aliphatic rings. The molecule has 0 saturated heterocycles. The van der Waals surface area contributed by atoms with E-state index in [0.717, 1.165) is 6.07 Å². The average Bonchev–Trinajstić information content (AvgIpc) is 3.06. The van der Waals surface area contributed by atoms with Crippen LogP contribution in [-0.4, -0.2) is 30.4 Å². The van der Waals surface area contributed by atoms with E-state index in [1.165, 1.54) is 36.5 Å². The predicted molar refractivity (Wildman–Crippen MR) is 92.0 cm³/mol. The van der Waals surface area contributed by atoms with Crippen molar-refractivity contribution < 1.29 is 23.5 Å². The zero-order chi connectivity index (χ0) is 19.1. The Bertz CT molecular complexity index is 875. The first kappa shape index (κ1) is 19.1. The van der Waals surface area contributed by atoms with Crippen LogP contribution in [0.3, 0.4) is 0 Å². The first-order valence-electron chi connectivity index (χ1n) is 7.42. The SMILES string of the molecule is CC(OC(=O)CNC(=O)c1cccc(F)c1)C(=O)Nc1sccc1C#N. The normalized spacial score (nSPS) is 11.1. The fourth-order valence-electron chi connectivity index (χ4n) is 1.88. The van der Waals surface area contributed by atoms with Gasteiger partial charge in [0, 0.05) is 5.56 Å². The first-order chi connectivity index (χ1) is 12.4. The maximum absolute atomic E-state index is 13.1. The number of nitrogens with zero attached hydrogens (tertiary/aromatic N) is 1. The van der Waals surface area contributed by atoms with E-state index < -0.39 is 36.2 Å². The number of nitriles is 1. The fraction of sp³-hybridized carbons (Fsp3) is 0.176. The van der Waals surface area contributed by atoms with Gasteiger partial charge < -0.3 is 15.4 Å². The standard InChI is InChI=1S/C17H14FN3O4S/c1-10(15(23)21-17-12(8-19)5-6-26-17)25-14(22)9-20-16(24)11-3-2-4-13(18)7-11/h2-7,10H,9H2,1H3,(H,20,24)(H,21,23).